The van der Waals surface area contributed by atoms with Gasteiger partial charge in [0.15, 0.2) is 4.80 Å². The Balaban J connectivity index is 2.10. The molecule has 118 valence electrons. The van der Waals surface area contributed by atoms with Crippen LogP contribution in [0.25, 0.3) is 10.2 Å². The number of carbonyl (C=O) groups is 2. The van der Waals surface area contributed by atoms with Crippen LogP contribution in [-0.2, 0) is 18.8 Å². The van der Waals surface area contributed by atoms with Crippen LogP contribution >= 0.6 is 11.3 Å². The number of benzene rings is 1. The SMILES string of the molecule is COC(=O)c1ccc2c(c1)sc(=NC(=O)c1ccnn1C)n2C. The average Bonchev–Trinajstić information content (AvgIpc) is 3.10. The molecule has 1 amide bonds. The van der Waals surface area contributed by atoms with Crippen LogP contribution in [0.3, 0.4) is 0 Å². The van der Waals surface area contributed by atoms with Gasteiger partial charge in [0.1, 0.15) is 5.69 Å². The van der Waals surface area contributed by atoms with Crippen LogP contribution < -0.4 is 4.80 Å². The first-order valence-electron chi connectivity index (χ1n) is 6.76. The molecule has 0 N–H and O–H groups in total. The highest BCUT2D eigenvalue weighted by atomic mass is 32.1. The second-order valence-electron chi connectivity index (χ2n) is 4.87. The Morgan fingerprint density at radius 3 is 2.70 bits per heavy atom. The van der Waals surface area contributed by atoms with Crippen molar-refractivity contribution in [1.82, 2.24) is 14.3 Å². The number of nitrogens with zero attached hydrogens (tertiary/aromatic N) is 4. The van der Waals surface area contributed by atoms with Crippen LogP contribution in [0.2, 0.25) is 0 Å². The van der Waals surface area contributed by atoms with Gasteiger partial charge in [-0.1, -0.05) is 11.3 Å². The summed E-state index contributed by atoms with van der Waals surface area (Å²) in [5, 5.41) is 3.97. The smallest absolute Gasteiger partial charge is 0.337 e. The largest absolute Gasteiger partial charge is 0.465 e. The minimum atomic E-state index is -0.396. The van der Waals surface area contributed by atoms with Crippen molar-refractivity contribution in [2.75, 3.05) is 7.11 Å². The molecule has 3 rings (SSSR count). The van der Waals surface area contributed by atoms with E-state index in [1.165, 1.54) is 23.1 Å². The van der Waals surface area contributed by atoms with E-state index < -0.39 is 5.97 Å². The second kappa shape index (κ2) is 5.81. The first-order chi connectivity index (χ1) is 11.0. The van der Waals surface area contributed by atoms with Crippen LogP contribution in [0.1, 0.15) is 20.8 Å². The van der Waals surface area contributed by atoms with Crippen molar-refractivity contribution < 1.29 is 14.3 Å². The molecule has 0 bridgehead atoms. The summed E-state index contributed by atoms with van der Waals surface area (Å²) in [5.74, 6) is -0.757. The Kier molecular flexibility index (Phi) is 3.83. The van der Waals surface area contributed by atoms with Gasteiger partial charge in [0, 0.05) is 20.3 Å². The van der Waals surface area contributed by atoms with Crippen LogP contribution in [0.15, 0.2) is 35.5 Å². The number of aryl methyl sites for hydroxylation is 2. The lowest BCUT2D eigenvalue weighted by molar-refractivity contribution is 0.0601. The van der Waals surface area contributed by atoms with Crippen LogP contribution in [-0.4, -0.2) is 33.3 Å². The Hall–Kier alpha value is -2.74. The van der Waals surface area contributed by atoms with Crippen molar-refractivity contribution >= 4 is 33.4 Å². The lowest BCUT2D eigenvalue weighted by Crippen LogP contribution is -2.14. The summed E-state index contributed by atoms with van der Waals surface area (Å²) in [5.41, 5.74) is 1.77. The van der Waals surface area contributed by atoms with E-state index in [0.717, 1.165) is 10.2 Å². The fourth-order valence-electron chi connectivity index (χ4n) is 2.21. The number of hydrogen-bond donors (Lipinski definition) is 0. The summed E-state index contributed by atoms with van der Waals surface area (Å²) in [6, 6.07) is 6.85. The molecular formula is C15H14N4O3S. The summed E-state index contributed by atoms with van der Waals surface area (Å²) in [6.07, 6.45) is 1.55. The fraction of sp³-hybridized carbons (Fsp3) is 0.200. The zero-order chi connectivity index (χ0) is 16.6. The number of esters is 1. The number of methoxy groups -OCH3 is 1. The van der Waals surface area contributed by atoms with E-state index in [1.807, 2.05) is 17.7 Å². The number of ether oxygens (including phenoxy) is 1. The normalized spacial score (nSPS) is 11.9. The highest BCUT2D eigenvalue weighted by Gasteiger charge is 2.12. The van der Waals surface area contributed by atoms with Crippen molar-refractivity contribution in [2.24, 2.45) is 19.1 Å². The Morgan fingerprint density at radius 1 is 1.26 bits per heavy atom. The summed E-state index contributed by atoms with van der Waals surface area (Å²) in [6.45, 7) is 0. The molecule has 23 heavy (non-hydrogen) atoms. The van der Waals surface area contributed by atoms with E-state index in [4.69, 9.17) is 4.74 Å². The highest BCUT2D eigenvalue weighted by molar-refractivity contribution is 7.16. The molecule has 0 aliphatic rings. The monoisotopic (exact) mass is 330 g/mol. The van der Waals surface area contributed by atoms with Crippen LogP contribution in [0.5, 0.6) is 0 Å². The summed E-state index contributed by atoms with van der Waals surface area (Å²) in [7, 11) is 4.86. The van der Waals surface area contributed by atoms with Gasteiger partial charge in [0.2, 0.25) is 0 Å². The molecule has 0 aliphatic heterocycles. The molecule has 3 aromatic rings. The quantitative estimate of drug-likeness (QED) is 0.667. The van der Waals surface area contributed by atoms with Gasteiger partial charge >= 0.3 is 5.97 Å². The highest BCUT2D eigenvalue weighted by Crippen LogP contribution is 2.19. The Bertz CT molecular complexity index is 980. The number of aromatic nitrogens is 3. The molecule has 8 heteroatoms. The summed E-state index contributed by atoms with van der Waals surface area (Å²) in [4.78, 5) is 28.6. The molecule has 0 atom stereocenters. The maximum Gasteiger partial charge on any atom is 0.337 e. The molecule has 2 heterocycles. The molecule has 1 aromatic carbocycles. The maximum absolute atomic E-state index is 12.2. The van der Waals surface area contributed by atoms with Crippen LogP contribution in [0, 0.1) is 0 Å². The summed E-state index contributed by atoms with van der Waals surface area (Å²) < 4.78 is 8.87. The number of fused-ring (bicyclic) bond motifs is 1. The number of amides is 1. The van der Waals surface area contributed by atoms with E-state index in [1.54, 1.807) is 31.4 Å². The van der Waals surface area contributed by atoms with E-state index in [2.05, 4.69) is 10.1 Å². The molecule has 0 fully saturated rings. The lowest BCUT2D eigenvalue weighted by atomic mass is 10.2. The second-order valence-corrected chi connectivity index (χ2v) is 5.88. The van der Waals surface area contributed by atoms with Gasteiger partial charge in [-0.25, -0.2) is 4.79 Å². The van der Waals surface area contributed by atoms with Gasteiger partial charge in [0.05, 0.1) is 22.9 Å². The molecule has 0 saturated carbocycles. The van der Waals surface area contributed by atoms with Crippen molar-refractivity contribution in [1.29, 1.82) is 0 Å². The number of hydrogen-bond acceptors (Lipinski definition) is 5. The third-order valence-corrected chi connectivity index (χ3v) is 4.56. The number of thiazole rings is 1. The predicted octanol–water partition coefficient (Wildman–Crippen LogP) is 1.50. The molecule has 0 unspecified atom stereocenters. The van der Waals surface area contributed by atoms with Gasteiger partial charge < -0.3 is 9.30 Å². The third-order valence-electron chi connectivity index (χ3n) is 3.47. The van der Waals surface area contributed by atoms with Crippen molar-refractivity contribution in [3.63, 3.8) is 0 Å². The lowest BCUT2D eigenvalue weighted by Gasteiger charge is -1.99. The van der Waals surface area contributed by atoms with Crippen LogP contribution in [0.4, 0.5) is 0 Å². The number of rotatable bonds is 2. The topological polar surface area (TPSA) is 78.5 Å². The van der Waals surface area contributed by atoms with Crippen molar-refractivity contribution in [3.05, 3.63) is 46.5 Å². The van der Waals surface area contributed by atoms with E-state index in [-0.39, 0.29) is 5.91 Å². The average molecular weight is 330 g/mol. The number of carbonyl (C=O) groups excluding carboxylic acids is 2. The van der Waals surface area contributed by atoms with E-state index in [0.29, 0.717) is 16.1 Å². The summed E-state index contributed by atoms with van der Waals surface area (Å²) >= 11 is 1.34. The minimum Gasteiger partial charge on any atom is -0.465 e. The first-order valence-corrected chi connectivity index (χ1v) is 7.58. The molecule has 0 aliphatic carbocycles. The van der Waals surface area contributed by atoms with E-state index in [9.17, 15) is 9.59 Å². The zero-order valence-corrected chi connectivity index (χ0v) is 13.6. The Morgan fingerprint density at radius 2 is 2.04 bits per heavy atom. The third kappa shape index (κ3) is 2.68. The van der Waals surface area contributed by atoms with Gasteiger partial charge in [-0.05, 0) is 24.3 Å². The van der Waals surface area contributed by atoms with Crippen molar-refractivity contribution in [3.8, 4) is 0 Å². The predicted molar refractivity (Wildman–Crippen MR) is 85.2 cm³/mol. The van der Waals surface area contributed by atoms with Gasteiger partial charge in [0.25, 0.3) is 5.91 Å². The van der Waals surface area contributed by atoms with Gasteiger partial charge in [-0.15, -0.1) is 0 Å². The maximum atomic E-state index is 12.2. The molecule has 2 aromatic heterocycles. The Labute approximate surface area is 135 Å². The zero-order valence-electron chi connectivity index (χ0n) is 12.8. The van der Waals surface area contributed by atoms with Crippen molar-refractivity contribution in [2.45, 2.75) is 0 Å². The molecule has 0 radical (unpaired) electrons. The standard InChI is InChI=1S/C15H14N4O3S/c1-18-10-5-4-9(14(21)22-3)8-12(10)23-15(18)17-13(20)11-6-7-16-19(11)2/h4-8H,1-3H3. The minimum absolute atomic E-state index is 0.361. The van der Waals surface area contributed by atoms with Gasteiger partial charge in [-0.3, -0.25) is 9.48 Å². The molecule has 0 saturated heterocycles. The fourth-order valence-corrected chi connectivity index (χ4v) is 3.27. The molecule has 7 nitrogen and oxygen atoms in total. The van der Waals surface area contributed by atoms with Gasteiger partial charge in [-0.2, -0.15) is 10.1 Å². The van der Waals surface area contributed by atoms with E-state index >= 15 is 0 Å². The molecular weight excluding hydrogens is 316 g/mol. The first kappa shape index (κ1) is 15.2. The molecule has 0 spiro atoms.